The molecular weight excluding hydrogens is 736 g/mol. The molecular formula is C28H27F5IN7O3S. The number of pyridine rings is 1. The highest BCUT2D eigenvalue weighted by molar-refractivity contribution is 14.1. The van der Waals surface area contributed by atoms with E-state index in [2.05, 4.69) is 38.1 Å². The van der Waals surface area contributed by atoms with E-state index in [1.165, 1.54) is 52.4 Å². The number of carbonyl (C=O) groups excluding carboxylic acids is 2. The Labute approximate surface area is 271 Å². The van der Waals surface area contributed by atoms with Crippen LogP contribution >= 0.6 is 33.9 Å². The number of nitrogens with one attached hydrogen (secondary N) is 1. The Bertz CT molecular complexity index is 1810. The van der Waals surface area contributed by atoms with Crippen LogP contribution in [0.2, 0.25) is 0 Å². The zero-order valence-corrected chi connectivity index (χ0v) is 27.1. The Hall–Kier alpha value is -3.61. The smallest absolute Gasteiger partial charge is 0.348 e. The van der Waals surface area contributed by atoms with Gasteiger partial charge < -0.3 is 14.8 Å². The molecule has 0 unspecified atom stereocenters. The van der Waals surface area contributed by atoms with Gasteiger partial charge in [0, 0.05) is 53.0 Å². The Morgan fingerprint density at radius 1 is 1.18 bits per heavy atom. The Kier molecular flexibility index (Phi) is 8.96. The molecule has 0 saturated carbocycles. The van der Waals surface area contributed by atoms with Gasteiger partial charge in [-0.25, -0.2) is 4.68 Å². The van der Waals surface area contributed by atoms with Gasteiger partial charge in [-0.05, 0) is 66.1 Å². The first kappa shape index (κ1) is 32.8. The van der Waals surface area contributed by atoms with E-state index in [0.717, 1.165) is 26.1 Å². The number of hydrogen-bond acceptors (Lipinski definition) is 6. The Morgan fingerprint density at radius 3 is 2.56 bits per heavy atom. The second-order valence-electron chi connectivity index (χ2n) is 11.3. The summed E-state index contributed by atoms with van der Waals surface area (Å²) in [5, 5.41) is 12.1. The summed E-state index contributed by atoms with van der Waals surface area (Å²) in [6, 6.07) is 2.35. The number of alkyl halides is 5. The van der Waals surface area contributed by atoms with E-state index in [4.69, 9.17) is 0 Å². The molecule has 1 aliphatic rings. The zero-order valence-electron chi connectivity index (χ0n) is 24.1. The molecule has 4 aromatic heterocycles. The summed E-state index contributed by atoms with van der Waals surface area (Å²) >= 11 is 3.40. The molecule has 1 atom stereocenters. The van der Waals surface area contributed by atoms with E-state index in [1.54, 1.807) is 13.8 Å². The van der Waals surface area contributed by atoms with Gasteiger partial charge in [-0.1, -0.05) is 0 Å². The van der Waals surface area contributed by atoms with Crippen molar-refractivity contribution in [2.45, 2.75) is 57.5 Å². The van der Waals surface area contributed by atoms with E-state index < -0.39 is 35.9 Å². The van der Waals surface area contributed by atoms with Gasteiger partial charge >= 0.3 is 12.7 Å². The molecule has 2 amide bonds. The van der Waals surface area contributed by atoms with Crippen LogP contribution in [0, 0.1) is 3.57 Å². The van der Waals surface area contributed by atoms with Crippen molar-refractivity contribution < 1.29 is 31.5 Å². The Morgan fingerprint density at radius 2 is 1.91 bits per heavy atom. The summed E-state index contributed by atoms with van der Waals surface area (Å²) in [6.45, 7) is 0.270. The minimum atomic E-state index is -4.76. The molecule has 0 saturated heterocycles. The number of halogens is 6. The third-order valence-electron chi connectivity index (χ3n) is 7.32. The fourth-order valence-corrected chi connectivity index (χ4v) is 7.22. The molecule has 1 aliphatic heterocycles. The zero-order chi connectivity index (χ0) is 32.8. The van der Waals surface area contributed by atoms with E-state index in [1.807, 2.05) is 5.38 Å². The Balaban J connectivity index is 1.45. The lowest BCUT2D eigenvalue weighted by molar-refractivity contribution is -0.141. The highest BCUT2D eigenvalue weighted by atomic mass is 127. The quantitative estimate of drug-likeness (QED) is 0.196. The van der Waals surface area contributed by atoms with Crippen LogP contribution in [-0.4, -0.2) is 59.0 Å². The second kappa shape index (κ2) is 12.3. The van der Waals surface area contributed by atoms with Gasteiger partial charge in [0.05, 0.1) is 28.9 Å². The lowest BCUT2D eigenvalue weighted by Crippen LogP contribution is -2.57. The van der Waals surface area contributed by atoms with Crippen molar-refractivity contribution >= 4 is 45.7 Å². The van der Waals surface area contributed by atoms with Crippen LogP contribution in [0.3, 0.4) is 0 Å². The molecule has 240 valence electrons. The van der Waals surface area contributed by atoms with Gasteiger partial charge in [-0.15, -0.1) is 11.3 Å². The van der Waals surface area contributed by atoms with Crippen LogP contribution in [0.1, 0.15) is 46.9 Å². The van der Waals surface area contributed by atoms with E-state index in [9.17, 15) is 36.3 Å². The molecule has 0 radical (unpaired) electrons. The average Bonchev–Trinajstić information content (AvgIpc) is 3.68. The van der Waals surface area contributed by atoms with Crippen LogP contribution in [0.25, 0.3) is 11.3 Å². The molecule has 0 fully saturated rings. The summed E-state index contributed by atoms with van der Waals surface area (Å²) in [4.78, 5) is 41.3. The fraction of sp³-hybridized carbons (Fsp3) is 0.393. The van der Waals surface area contributed by atoms with Crippen LogP contribution in [0.15, 0.2) is 47.0 Å². The van der Waals surface area contributed by atoms with Crippen molar-refractivity contribution in [2.24, 2.45) is 7.05 Å². The molecule has 45 heavy (non-hydrogen) atoms. The van der Waals surface area contributed by atoms with Crippen LogP contribution in [0.4, 0.5) is 22.0 Å². The van der Waals surface area contributed by atoms with Crippen LogP contribution < -0.4 is 10.9 Å². The number of hydrogen-bond donors (Lipinski definition) is 1. The lowest BCUT2D eigenvalue weighted by Gasteiger charge is -2.36. The van der Waals surface area contributed by atoms with Gasteiger partial charge in [0.1, 0.15) is 6.04 Å². The number of amides is 2. The number of aryl methyl sites for hydroxylation is 1. The van der Waals surface area contributed by atoms with Crippen molar-refractivity contribution in [2.75, 3.05) is 6.54 Å². The molecule has 5 heterocycles. The van der Waals surface area contributed by atoms with Crippen molar-refractivity contribution in [3.05, 3.63) is 77.8 Å². The largest absolute Gasteiger partial charge is 0.435 e. The van der Waals surface area contributed by atoms with Gasteiger partial charge in [-0.3, -0.25) is 19.1 Å². The first-order valence-corrected chi connectivity index (χ1v) is 15.5. The van der Waals surface area contributed by atoms with Gasteiger partial charge in [-0.2, -0.15) is 32.1 Å². The van der Waals surface area contributed by atoms with Gasteiger partial charge in [0.15, 0.2) is 5.69 Å². The number of thiophene rings is 1. The maximum absolute atomic E-state index is 13.9. The van der Waals surface area contributed by atoms with Gasteiger partial charge in [0.2, 0.25) is 11.5 Å². The third kappa shape index (κ3) is 6.97. The normalized spacial score (nSPS) is 14.6. The molecule has 0 spiro atoms. The number of rotatable bonds is 9. The number of nitrogens with zero attached hydrogens (tertiary/aromatic N) is 6. The average molecular weight is 764 g/mol. The predicted octanol–water partition coefficient (Wildman–Crippen LogP) is 4.73. The second-order valence-corrected chi connectivity index (χ2v) is 13.3. The molecule has 0 aliphatic carbocycles. The monoisotopic (exact) mass is 763 g/mol. The van der Waals surface area contributed by atoms with Crippen molar-refractivity contribution in [3.63, 3.8) is 0 Å². The summed E-state index contributed by atoms with van der Waals surface area (Å²) in [5.41, 5.74) is -1.16. The van der Waals surface area contributed by atoms with Gasteiger partial charge in [0.25, 0.3) is 5.91 Å². The molecule has 5 rings (SSSR count). The van der Waals surface area contributed by atoms with Crippen molar-refractivity contribution in [3.8, 4) is 11.3 Å². The topological polar surface area (TPSA) is 107 Å². The highest BCUT2D eigenvalue weighted by Crippen LogP contribution is 2.33. The van der Waals surface area contributed by atoms with Crippen LogP contribution in [0.5, 0.6) is 0 Å². The van der Waals surface area contributed by atoms with E-state index >= 15 is 0 Å². The molecule has 1 N–H and O–H groups in total. The van der Waals surface area contributed by atoms with E-state index in [0.29, 0.717) is 27.1 Å². The molecule has 17 heteroatoms. The number of aromatic nitrogens is 5. The summed E-state index contributed by atoms with van der Waals surface area (Å²) in [5.74, 6) is -0.998. The SMILES string of the molecule is Cn1cc(-c2cc(C(F)(F)F)nn2CC(C)(C)NC(=O)[C@@H](Cc2cnn(C(F)F)c2)N2CCc3c(I)csc3C2=O)ccc1=O. The number of fused-ring (bicyclic) bond motifs is 1. The summed E-state index contributed by atoms with van der Waals surface area (Å²) in [7, 11) is 1.47. The standard InChI is InChI=1S/C28H27F5IN7O3S/c1-27(2,14-41-19(9-21(37-41)28(31,32)33)16-4-5-22(42)38(3)12-16)36-24(43)20(8-15-10-35-40(11-15)26(29)30)39-7-6-17-18(34)13-45-23(17)25(39)44/h4-5,9-13,20,26H,6-8,14H2,1-3H3,(H,36,43)/t20-/m1/s1. The van der Waals surface area contributed by atoms with E-state index in [-0.39, 0.29) is 36.7 Å². The predicted molar refractivity (Wildman–Crippen MR) is 163 cm³/mol. The molecule has 0 bridgehead atoms. The maximum Gasteiger partial charge on any atom is 0.435 e. The molecule has 10 nitrogen and oxygen atoms in total. The summed E-state index contributed by atoms with van der Waals surface area (Å²) < 4.78 is 71.3. The molecule has 4 aromatic rings. The first-order valence-electron chi connectivity index (χ1n) is 13.6. The first-order chi connectivity index (χ1) is 21.0. The third-order valence-corrected chi connectivity index (χ3v) is 9.72. The lowest BCUT2D eigenvalue weighted by atomic mass is 9.99. The fourth-order valence-electron chi connectivity index (χ4n) is 5.18. The minimum absolute atomic E-state index is 0.0715. The van der Waals surface area contributed by atoms with Crippen molar-refractivity contribution in [1.29, 1.82) is 0 Å². The minimum Gasteiger partial charge on any atom is -0.348 e. The van der Waals surface area contributed by atoms with Crippen molar-refractivity contribution in [1.82, 2.24) is 34.3 Å². The number of carbonyl (C=O) groups is 2. The summed E-state index contributed by atoms with van der Waals surface area (Å²) in [6.07, 6.45) is -0.697. The molecule has 0 aromatic carbocycles. The van der Waals surface area contributed by atoms with Crippen LogP contribution in [-0.2, 0) is 37.4 Å². The maximum atomic E-state index is 13.9. The highest BCUT2D eigenvalue weighted by Gasteiger charge is 2.39.